The standard InChI is InChI=1S/C13H26N2/c1-6-7-8-14-12(4)9-13(5)15-10-11(2)3/h9,11,14H,6-8,10H2,1-5H3/b12-9-,15-13?. The van der Waals surface area contributed by atoms with Crippen LogP contribution in [0, 0.1) is 5.92 Å². The van der Waals surface area contributed by atoms with Crippen molar-refractivity contribution in [1.29, 1.82) is 0 Å². The molecule has 0 rings (SSSR count). The smallest absolute Gasteiger partial charge is 0.0415 e. The number of hydrogen-bond donors (Lipinski definition) is 1. The molecule has 1 N–H and O–H groups in total. The van der Waals surface area contributed by atoms with Crippen LogP contribution in [-0.4, -0.2) is 18.8 Å². The van der Waals surface area contributed by atoms with E-state index in [9.17, 15) is 0 Å². The summed E-state index contributed by atoms with van der Waals surface area (Å²) in [5, 5.41) is 3.38. The summed E-state index contributed by atoms with van der Waals surface area (Å²) in [6, 6.07) is 0. The van der Waals surface area contributed by atoms with Gasteiger partial charge >= 0.3 is 0 Å². The van der Waals surface area contributed by atoms with Crippen LogP contribution in [0.1, 0.15) is 47.5 Å². The van der Waals surface area contributed by atoms with Gasteiger partial charge in [-0.2, -0.15) is 0 Å². The second-order valence-corrected chi connectivity index (χ2v) is 4.48. The van der Waals surface area contributed by atoms with Gasteiger partial charge in [-0.1, -0.05) is 27.2 Å². The van der Waals surface area contributed by atoms with E-state index in [1.165, 1.54) is 18.5 Å². The van der Waals surface area contributed by atoms with Gasteiger partial charge in [-0.3, -0.25) is 4.99 Å². The molecular weight excluding hydrogens is 184 g/mol. The summed E-state index contributed by atoms with van der Waals surface area (Å²) in [5.41, 5.74) is 2.33. The number of rotatable bonds is 7. The van der Waals surface area contributed by atoms with Crippen molar-refractivity contribution in [2.24, 2.45) is 10.9 Å². The van der Waals surface area contributed by atoms with Crippen LogP contribution in [-0.2, 0) is 0 Å². The first-order chi connectivity index (χ1) is 7.06. The molecule has 0 heterocycles. The number of nitrogens with one attached hydrogen (secondary N) is 1. The summed E-state index contributed by atoms with van der Waals surface area (Å²) in [5.74, 6) is 0.640. The molecule has 0 aliphatic carbocycles. The van der Waals surface area contributed by atoms with Gasteiger partial charge in [-0.25, -0.2) is 0 Å². The minimum atomic E-state index is 0.640. The van der Waals surface area contributed by atoms with Crippen LogP contribution < -0.4 is 5.32 Å². The molecule has 2 nitrogen and oxygen atoms in total. The Morgan fingerprint density at radius 3 is 2.53 bits per heavy atom. The fraction of sp³-hybridized carbons (Fsp3) is 0.769. The molecule has 0 saturated heterocycles. The van der Waals surface area contributed by atoms with Crippen LogP contribution in [0.15, 0.2) is 16.8 Å². The van der Waals surface area contributed by atoms with Crippen molar-refractivity contribution in [3.8, 4) is 0 Å². The molecule has 0 fully saturated rings. The Kier molecular flexibility index (Phi) is 8.06. The minimum absolute atomic E-state index is 0.640. The van der Waals surface area contributed by atoms with E-state index in [0.717, 1.165) is 18.8 Å². The molecule has 0 amide bonds. The number of allylic oxidation sites excluding steroid dienone is 2. The number of aliphatic imine (C=N–C) groups is 1. The molecule has 2 heteroatoms. The van der Waals surface area contributed by atoms with E-state index >= 15 is 0 Å². The maximum atomic E-state index is 4.49. The highest BCUT2D eigenvalue weighted by Crippen LogP contribution is 1.95. The highest BCUT2D eigenvalue weighted by molar-refractivity contribution is 5.93. The van der Waals surface area contributed by atoms with Crippen LogP contribution in [0.3, 0.4) is 0 Å². The van der Waals surface area contributed by atoms with Crippen LogP contribution in [0.5, 0.6) is 0 Å². The van der Waals surface area contributed by atoms with Crippen molar-refractivity contribution in [2.45, 2.75) is 47.5 Å². The van der Waals surface area contributed by atoms with Gasteiger partial charge in [0.2, 0.25) is 0 Å². The minimum Gasteiger partial charge on any atom is -0.389 e. The lowest BCUT2D eigenvalue weighted by molar-refractivity contribution is 0.665. The molecule has 0 aromatic heterocycles. The lowest BCUT2D eigenvalue weighted by atomic mass is 10.2. The van der Waals surface area contributed by atoms with Gasteiger partial charge in [0.25, 0.3) is 0 Å². The predicted molar refractivity (Wildman–Crippen MR) is 69.5 cm³/mol. The van der Waals surface area contributed by atoms with Crippen molar-refractivity contribution < 1.29 is 0 Å². The quantitative estimate of drug-likeness (QED) is 0.505. The molecule has 0 unspecified atom stereocenters. The van der Waals surface area contributed by atoms with Gasteiger partial charge in [-0.15, -0.1) is 0 Å². The Bertz CT molecular complexity index is 215. The molecule has 0 saturated carbocycles. The topological polar surface area (TPSA) is 24.4 Å². The first-order valence-corrected chi connectivity index (χ1v) is 5.99. The third-order valence-corrected chi connectivity index (χ3v) is 2.07. The van der Waals surface area contributed by atoms with E-state index in [-0.39, 0.29) is 0 Å². The molecule has 0 aromatic rings. The summed E-state index contributed by atoms with van der Waals surface area (Å²) >= 11 is 0. The molecule has 0 radical (unpaired) electrons. The number of hydrogen-bond acceptors (Lipinski definition) is 2. The molecule has 15 heavy (non-hydrogen) atoms. The second kappa shape index (κ2) is 8.51. The Balaban J connectivity index is 3.93. The predicted octanol–water partition coefficient (Wildman–Crippen LogP) is 3.40. The van der Waals surface area contributed by atoms with Crippen LogP contribution in [0.2, 0.25) is 0 Å². The first kappa shape index (κ1) is 14.2. The van der Waals surface area contributed by atoms with Crippen molar-refractivity contribution in [3.63, 3.8) is 0 Å². The highest BCUT2D eigenvalue weighted by Gasteiger charge is 1.92. The summed E-state index contributed by atoms with van der Waals surface area (Å²) in [6.07, 6.45) is 4.59. The Hall–Kier alpha value is -0.790. The monoisotopic (exact) mass is 210 g/mol. The number of unbranched alkanes of at least 4 members (excludes halogenated alkanes) is 1. The van der Waals surface area contributed by atoms with Gasteiger partial charge in [-0.05, 0) is 32.3 Å². The van der Waals surface area contributed by atoms with Crippen molar-refractivity contribution in [3.05, 3.63) is 11.8 Å². The SMILES string of the molecule is CCCCN/C(C)=C\C(C)=NCC(C)C. The molecule has 0 atom stereocenters. The highest BCUT2D eigenvalue weighted by atomic mass is 14.9. The maximum absolute atomic E-state index is 4.49. The lowest BCUT2D eigenvalue weighted by Crippen LogP contribution is -2.13. The van der Waals surface area contributed by atoms with Crippen molar-refractivity contribution in [2.75, 3.05) is 13.1 Å². The lowest BCUT2D eigenvalue weighted by Gasteiger charge is -2.05. The van der Waals surface area contributed by atoms with E-state index in [2.05, 4.69) is 51.0 Å². The molecule has 0 aliphatic heterocycles. The van der Waals surface area contributed by atoms with Gasteiger partial charge in [0.05, 0.1) is 0 Å². The van der Waals surface area contributed by atoms with E-state index in [0.29, 0.717) is 5.92 Å². The van der Waals surface area contributed by atoms with Gasteiger partial charge in [0.15, 0.2) is 0 Å². The third kappa shape index (κ3) is 9.51. The molecule has 0 bridgehead atoms. The van der Waals surface area contributed by atoms with Gasteiger partial charge in [0, 0.05) is 24.5 Å². The van der Waals surface area contributed by atoms with E-state index in [1.807, 2.05) is 0 Å². The zero-order valence-electron chi connectivity index (χ0n) is 10.9. The maximum Gasteiger partial charge on any atom is 0.0415 e. The van der Waals surface area contributed by atoms with E-state index in [1.54, 1.807) is 0 Å². The summed E-state index contributed by atoms with van der Waals surface area (Å²) in [6.45, 7) is 12.7. The molecule has 88 valence electrons. The Morgan fingerprint density at radius 1 is 1.33 bits per heavy atom. The van der Waals surface area contributed by atoms with Crippen LogP contribution in [0.4, 0.5) is 0 Å². The Morgan fingerprint density at radius 2 is 2.00 bits per heavy atom. The van der Waals surface area contributed by atoms with Crippen LogP contribution in [0.25, 0.3) is 0 Å². The van der Waals surface area contributed by atoms with Crippen molar-refractivity contribution in [1.82, 2.24) is 5.32 Å². The fourth-order valence-electron chi connectivity index (χ4n) is 1.20. The number of nitrogens with zero attached hydrogens (tertiary/aromatic N) is 1. The van der Waals surface area contributed by atoms with Crippen LogP contribution >= 0.6 is 0 Å². The van der Waals surface area contributed by atoms with Gasteiger partial charge in [0.1, 0.15) is 0 Å². The summed E-state index contributed by atoms with van der Waals surface area (Å²) in [4.78, 5) is 4.49. The average Bonchev–Trinajstić information content (AvgIpc) is 2.15. The first-order valence-electron chi connectivity index (χ1n) is 5.99. The summed E-state index contributed by atoms with van der Waals surface area (Å²) in [7, 11) is 0. The normalized spacial score (nSPS) is 13.5. The average molecular weight is 210 g/mol. The molecule has 0 aromatic carbocycles. The van der Waals surface area contributed by atoms with E-state index in [4.69, 9.17) is 0 Å². The second-order valence-electron chi connectivity index (χ2n) is 4.48. The Labute approximate surface area is 94.9 Å². The van der Waals surface area contributed by atoms with Crippen molar-refractivity contribution >= 4 is 5.71 Å². The zero-order valence-corrected chi connectivity index (χ0v) is 10.9. The largest absolute Gasteiger partial charge is 0.389 e. The van der Waals surface area contributed by atoms with E-state index < -0.39 is 0 Å². The fourth-order valence-corrected chi connectivity index (χ4v) is 1.20. The molecule has 0 aliphatic rings. The third-order valence-electron chi connectivity index (χ3n) is 2.07. The summed E-state index contributed by atoms with van der Waals surface area (Å²) < 4.78 is 0. The molecular formula is C13H26N2. The molecule has 0 spiro atoms. The zero-order chi connectivity index (χ0) is 11.7. The van der Waals surface area contributed by atoms with Gasteiger partial charge < -0.3 is 5.32 Å².